The SMILES string of the molecule is CC(c1ccccc1)n1cnc(C=O)c1. The van der Waals surface area contributed by atoms with Gasteiger partial charge in [-0.05, 0) is 12.5 Å². The van der Waals surface area contributed by atoms with Gasteiger partial charge in [0.15, 0.2) is 6.29 Å². The molecule has 0 bridgehead atoms. The molecule has 1 heterocycles. The molecule has 15 heavy (non-hydrogen) atoms. The van der Waals surface area contributed by atoms with Gasteiger partial charge >= 0.3 is 0 Å². The van der Waals surface area contributed by atoms with Crippen LogP contribution in [-0.2, 0) is 0 Å². The Morgan fingerprint density at radius 1 is 1.33 bits per heavy atom. The summed E-state index contributed by atoms with van der Waals surface area (Å²) in [5.74, 6) is 0. The lowest BCUT2D eigenvalue weighted by atomic mass is 10.1. The van der Waals surface area contributed by atoms with Crippen LogP contribution in [0.4, 0.5) is 0 Å². The van der Waals surface area contributed by atoms with Crippen LogP contribution in [0.5, 0.6) is 0 Å². The number of aldehydes is 1. The van der Waals surface area contributed by atoms with Gasteiger partial charge in [0.2, 0.25) is 0 Å². The maximum atomic E-state index is 10.5. The Morgan fingerprint density at radius 2 is 2.07 bits per heavy atom. The first-order chi connectivity index (χ1) is 7.31. The van der Waals surface area contributed by atoms with Crippen molar-refractivity contribution in [2.45, 2.75) is 13.0 Å². The van der Waals surface area contributed by atoms with E-state index in [2.05, 4.69) is 24.0 Å². The van der Waals surface area contributed by atoms with E-state index in [1.807, 2.05) is 22.8 Å². The minimum atomic E-state index is 0.201. The molecule has 1 atom stereocenters. The van der Waals surface area contributed by atoms with Crippen LogP contribution in [-0.4, -0.2) is 15.8 Å². The molecule has 0 saturated heterocycles. The molecule has 3 heteroatoms. The summed E-state index contributed by atoms with van der Waals surface area (Å²) in [5.41, 5.74) is 1.67. The molecule has 0 spiro atoms. The number of carbonyl (C=O) groups is 1. The zero-order chi connectivity index (χ0) is 10.7. The van der Waals surface area contributed by atoms with E-state index < -0.39 is 0 Å². The molecule has 1 aromatic heterocycles. The third-order valence-electron chi connectivity index (χ3n) is 2.47. The molecule has 0 amide bonds. The smallest absolute Gasteiger partial charge is 0.169 e. The lowest BCUT2D eigenvalue weighted by Gasteiger charge is -2.12. The molecule has 3 nitrogen and oxygen atoms in total. The van der Waals surface area contributed by atoms with Crippen molar-refractivity contribution in [3.05, 3.63) is 54.1 Å². The zero-order valence-corrected chi connectivity index (χ0v) is 8.50. The van der Waals surface area contributed by atoms with Crippen molar-refractivity contribution >= 4 is 6.29 Å². The monoisotopic (exact) mass is 200 g/mol. The third kappa shape index (κ3) is 1.96. The summed E-state index contributed by atoms with van der Waals surface area (Å²) < 4.78 is 1.93. The number of carbonyl (C=O) groups excluding carboxylic acids is 1. The van der Waals surface area contributed by atoms with Crippen LogP contribution in [0.1, 0.15) is 29.0 Å². The van der Waals surface area contributed by atoms with Crippen LogP contribution in [0.3, 0.4) is 0 Å². The standard InChI is InChI=1S/C12H12N2O/c1-10(11-5-3-2-4-6-11)14-7-12(8-15)13-9-14/h2-10H,1H3. The topological polar surface area (TPSA) is 34.9 Å². The predicted molar refractivity (Wildman–Crippen MR) is 57.9 cm³/mol. The van der Waals surface area contributed by atoms with Crippen LogP contribution >= 0.6 is 0 Å². The van der Waals surface area contributed by atoms with Crippen LogP contribution < -0.4 is 0 Å². The summed E-state index contributed by atoms with van der Waals surface area (Å²) in [6.45, 7) is 2.07. The highest BCUT2D eigenvalue weighted by molar-refractivity contribution is 5.71. The number of rotatable bonds is 3. The van der Waals surface area contributed by atoms with Crippen molar-refractivity contribution in [3.63, 3.8) is 0 Å². The highest BCUT2D eigenvalue weighted by atomic mass is 16.1. The molecule has 0 aliphatic heterocycles. The highest BCUT2D eigenvalue weighted by Gasteiger charge is 2.07. The van der Waals surface area contributed by atoms with E-state index in [-0.39, 0.29) is 6.04 Å². The minimum absolute atomic E-state index is 0.201. The van der Waals surface area contributed by atoms with Gasteiger partial charge in [-0.3, -0.25) is 4.79 Å². The fourth-order valence-corrected chi connectivity index (χ4v) is 1.53. The minimum Gasteiger partial charge on any atom is -0.330 e. The Labute approximate surface area is 88.4 Å². The van der Waals surface area contributed by atoms with E-state index in [1.54, 1.807) is 12.5 Å². The maximum absolute atomic E-state index is 10.5. The Morgan fingerprint density at radius 3 is 2.67 bits per heavy atom. The van der Waals surface area contributed by atoms with Crippen LogP contribution in [0, 0.1) is 0 Å². The van der Waals surface area contributed by atoms with Gasteiger partial charge in [-0.25, -0.2) is 4.98 Å². The first kappa shape index (κ1) is 9.65. The van der Waals surface area contributed by atoms with Crippen molar-refractivity contribution in [3.8, 4) is 0 Å². The molecular formula is C12H12N2O. The first-order valence-electron chi connectivity index (χ1n) is 4.85. The molecule has 76 valence electrons. The molecule has 0 saturated carbocycles. The third-order valence-corrected chi connectivity index (χ3v) is 2.47. The van der Waals surface area contributed by atoms with Crippen molar-refractivity contribution in [2.75, 3.05) is 0 Å². The molecular weight excluding hydrogens is 188 g/mol. The van der Waals surface area contributed by atoms with Gasteiger partial charge in [0.25, 0.3) is 0 Å². The Kier molecular flexibility index (Phi) is 2.63. The molecule has 0 aliphatic rings. The molecule has 1 unspecified atom stereocenters. The summed E-state index contributed by atoms with van der Waals surface area (Å²) in [5, 5.41) is 0. The van der Waals surface area contributed by atoms with Crippen LogP contribution in [0.15, 0.2) is 42.9 Å². The number of hydrogen-bond donors (Lipinski definition) is 0. The lowest BCUT2D eigenvalue weighted by Crippen LogP contribution is -2.03. The second-order valence-corrected chi connectivity index (χ2v) is 3.45. The van der Waals surface area contributed by atoms with E-state index >= 15 is 0 Å². The molecule has 0 N–H and O–H groups in total. The second-order valence-electron chi connectivity index (χ2n) is 3.45. The van der Waals surface area contributed by atoms with E-state index in [4.69, 9.17) is 0 Å². The van der Waals surface area contributed by atoms with Gasteiger partial charge in [-0.1, -0.05) is 30.3 Å². The van der Waals surface area contributed by atoms with E-state index in [0.29, 0.717) is 5.69 Å². The molecule has 2 rings (SSSR count). The molecule has 0 fully saturated rings. The normalized spacial score (nSPS) is 12.3. The number of hydrogen-bond acceptors (Lipinski definition) is 2. The van der Waals surface area contributed by atoms with Gasteiger partial charge in [0.05, 0.1) is 12.4 Å². The Balaban J connectivity index is 2.28. The second kappa shape index (κ2) is 4.09. The Hall–Kier alpha value is -1.90. The fraction of sp³-hybridized carbons (Fsp3) is 0.167. The Bertz CT molecular complexity index is 448. The van der Waals surface area contributed by atoms with E-state index in [9.17, 15) is 4.79 Å². The number of aromatic nitrogens is 2. The van der Waals surface area contributed by atoms with Crippen LogP contribution in [0.2, 0.25) is 0 Å². The van der Waals surface area contributed by atoms with Gasteiger partial charge in [-0.15, -0.1) is 0 Å². The quantitative estimate of drug-likeness (QED) is 0.712. The summed E-state index contributed by atoms with van der Waals surface area (Å²) in [4.78, 5) is 14.5. The molecule has 0 radical (unpaired) electrons. The van der Waals surface area contributed by atoms with Crippen molar-refractivity contribution < 1.29 is 4.79 Å². The summed E-state index contributed by atoms with van der Waals surface area (Å²) >= 11 is 0. The van der Waals surface area contributed by atoms with Gasteiger partial charge in [0, 0.05) is 6.20 Å². The summed E-state index contributed by atoms with van der Waals surface area (Å²) in [6, 6.07) is 10.3. The summed E-state index contributed by atoms with van der Waals surface area (Å²) in [7, 11) is 0. The van der Waals surface area contributed by atoms with Gasteiger partial charge in [-0.2, -0.15) is 0 Å². The van der Waals surface area contributed by atoms with Crippen molar-refractivity contribution in [2.24, 2.45) is 0 Å². The largest absolute Gasteiger partial charge is 0.330 e. The van der Waals surface area contributed by atoms with E-state index in [0.717, 1.165) is 6.29 Å². The maximum Gasteiger partial charge on any atom is 0.169 e. The van der Waals surface area contributed by atoms with Gasteiger partial charge in [0.1, 0.15) is 5.69 Å². The van der Waals surface area contributed by atoms with Crippen molar-refractivity contribution in [1.29, 1.82) is 0 Å². The number of imidazole rings is 1. The van der Waals surface area contributed by atoms with Crippen LogP contribution in [0.25, 0.3) is 0 Å². The molecule has 2 aromatic rings. The van der Waals surface area contributed by atoms with E-state index in [1.165, 1.54) is 5.56 Å². The molecule has 1 aromatic carbocycles. The first-order valence-corrected chi connectivity index (χ1v) is 4.85. The zero-order valence-electron chi connectivity index (χ0n) is 8.50. The number of nitrogens with zero attached hydrogens (tertiary/aromatic N) is 2. The fourth-order valence-electron chi connectivity index (χ4n) is 1.53. The number of benzene rings is 1. The average molecular weight is 200 g/mol. The lowest BCUT2D eigenvalue weighted by molar-refractivity contribution is 0.111. The van der Waals surface area contributed by atoms with Crippen molar-refractivity contribution in [1.82, 2.24) is 9.55 Å². The average Bonchev–Trinajstić information content (AvgIpc) is 2.78. The molecule has 0 aliphatic carbocycles. The van der Waals surface area contributed by atoms with Gasteiger partial charge < -0.3 is 4.57 Å². The predicted octanol–water partition coefficient (Wildman–Crippen LogP) is 2.30. The highest BCUT2D eigenvalue weighted by Crippen LogP contribution is 2.16. The summed E-state index contributed by atoms with van der Waals surface area (Å²) in [6.07, 6.45) is 4.19.